The molecular weight excluding hydrogens is 288 g/mol. The number of rotatable bonds is 3. The largest absolute Gasteiger partial charge is 0.321 e. The zero-order chi connectivity index (χ0) is 16.4. The van der Waals surface area contributed by atoms with Crippen molar-refractivity contribution in [1.82, 2.24) is 14.8 Å². The summed E-state index contributed by atoms with van der Waals surface area (Å²) in [4.78, 5) is 17.0. The molecule has 0 saturated heterocycles. The molecule has 0 bridgehead atoms. The number of aryl methyl sites for hydroxylation is 3. The summed E-state index contributed by atoms with van der Waals surface area (Å²) in [6, 6.07) is 11.5. The summed E-state index contributed by atoms with van der Waals surface area (Å²) in [5, 5.41) is 7.03. The predicted octanol–water partition coefficient (Wildman–Crippen LogP) is 3.35. The van der Waals surface area contributed by atoms with Gasteiger partial charge in [0.1, 0.15) is 5.69 Å². The second kappa shape index (κ2) is 6.04. The lowest BCUT2D eigenvalue weighted by molar-refractivity contribution is 0.102. The lowest BCUT2D eigenvalue weighted by Gasteiger charge is -2.08. The van der Waals surface area contributed by atoms with Gasteiger partial charge in [0.15, 0.2) is 0 Å². The number of hydrogen-bond acceptors (Lipinski definition) is 3. The predicted molar refractivity (Wildman–Crippen MR) is 90.3 cm³/mol. The van der Waals surface area contributed by atoms with Crippen LogP contribution in [0.25, 0.3) is 11.3 Å². The van der Waals surface area contributed by atoms with E-state index in [0.29, 0.717) is 5.69 Å². The summed E-state index contributed by atoms with van der Waals surface area (Å²) in [7, 11) is 1.85. The van der Waals surface area contributed by atoms with E-state index in [1.807, 2.05) is 63.5 Å². The van der Waals surface area contributed by atoms with Crippen LogP contribution >= 0.6 is 0 Å². The van der Waals surface area contributed by atoms with Crippen molar-refractivity contribution in [3.05, 3.63) is 65.6 Å². The van der Waals surface area contributed by atoms with Crippen LogP contribution in [-0.4, -0.2) is 20.7 Å². The van der Waals surface area contributed by atoms with Crippen molar-refractivity contribution < 1.29 is 4.79 Å². The van der Waals surface area contributed by atoms with Crippen molar-refractivity contribution >= 4 is 11.6 Å². The number of pyridine rings is 1. The van der Waals surface area contributed by atoms with Gasteiger partial charge in [0.25, 0.3) is 5.91 Å². The minimum Gasteiger partial charge on any atom is -0.321 e. The highest BCUT2D eigenvalue weighted by Gasteiger charge is 2.13. The summed E-state index contributed by atoms with van der Waals surface area (Å²) >= 11 is 0. The molecule has 5 heteroatoms. The van der Waals surface area contributed by atoms with Crippen LogP contribution in [0, 0.1) is 13.8 Å². The molecule has 2 aromatic heterocycles. The smallest absolute Gasteiger partial charge is 0.274 e. The van der Waals surface area contributed by atoms with Crippen LogP contribution in [0.3, 0.4) is 0 Å². The third-order valence-corrected chi connectivity index (χ3v) is 3.62. The second-order valence-corrected chi connectivity index (χ2v) is 5.58. The molecule has 1 aromatic carbocycles. The summed E-state index contributed by atoms with van der Waals surface area (Å²) in [6.45, 7) is 3.89. The van der Waals surface area contributed by atoms with E-state index in [-0.39, 0.29) is 5.91 Å². The molecule has 23 heavy (non-hydrogen) atoms. The summed E-state index contributed by atoms with van der Waals surface area (Å²) in [5.74, 6) is -0.211. The molecule has 0 aliphatic carbocycles. The van der Waals surface area contributed by atoms with E-state index in [1.54, 1.807) is 10.9 Å². The summed E-state index contributed by atoms with van der Waals surface area (Å²) in [6.07, 6.45) is 3.61. The zero-order valence-corrected chi connectivity index (χ0v) is 13.4. The van der Waals surface area contributed by atoms with Crippen molar-refractivity contribution in [1.29, 1.82) is 0 Å². The maximum atomic E-state index is 12.5. The minimum atomic E-state index is -0.211. The number of anilines is 1. The van der Waals surface area contributed by atoms with Gasteiger partial charge in [-0.15, -0.1) is 0 Å². The van der Waals surface area contributed by atoms with Gasteiger partial charge in [0.2, 0.25) is 0 Å². The highest BCUT2D eigenvalue weighted by molar-refractivity contribution is 6.04. The van der Waals surface area contributed by atoms with Gasteiger partial charge in [-0.2, -0.15) is 5.10 Å². The second-order valence-electron chi connectivity index (χ2n) is 5.58. The topological polar surface area (TPSA) is 59.8 Å². The van der Waals surface area contributed by atoms with E-state index in [2.05, 4.69) is 15.4 Å². The zero-order valence-electron chi connectivity index (χ0n) is 13.4. The number of amides is 1. The van der Waals surface area contributed by atoms with Crippen LogP contribution in [0.2, 0.25) is 0 Å². The first-order valence-electron chi connectivity index (χ1n) is 7.37. The molecule has 116 valence electrons. The summed E-state index contributed by atoms with van der Waals surface area (Å²) in [5.41, 5.74) is 4.79. The maximum absolute atomic E-state index is 12.5. The van der Waals surface area contributed by atoms with Gasteiger partial charge in [0.05, 0.1) is 11.9 Å². The number of carbonyl (C=O) groups is 1. The Labute approximate surface area is 135 Å². The molecule has 3 rings (SSSR count). The Kier molecular flexibility index (Phi) is 3.93. The molecule has 0 atom stereocenters. The van der Waals surface area contributed by atoms with Crippen LogP contribution < -0.4 is 5.32 Å². The average Bonchev–Trinajstić information content (AvgIpc) is 2.96. The van der Waals surface area contributed by atoms with Gasteiger partial charge >= 0.3 is 0 Å². The van der Waals surface area contributed by atoms with Crippen LogP contribution in [-0.2, 0) is 7.05 Å². The fourth-order valence-corrected chi connectivity index (χ4v) is 2.30. The first kappa shape index (κ1) is 15.0. The highest BCUT2D eigenvalue weighted by Crippen LogP contribution is 2.19. The van der Waals surface area contributed by atoms with Crippen LogP contribution in [0.15, 0.2) is 48.8 Å². The Morgan fingerprint density at radius 2 is 1.83 bits per heavy atom. The normalized spacial score (nSPS) is 10.6. The molecule has 2 heterocycles. The lowest BCUT2D eigenvalue weighted by Crippen LogP contribution is -2.15. The molecule has 0 fully saturated rings. The third-order valence-electron chi connectivity index (χ3n) is 3.62. The van der Waals surface area contributed by atoms with Gasteiger partial charge in [-0.25, -0.2) is 4.98 Å². The molecule has 0 saturated carbocycles. The molecule has 0 aliphatic rings. The number of nitrogens with one attached hydrogen (secondary N) is 1. The Bertz CT molecular complexity index is 850. The fraction of sp³-hybridized carbons (Fsp3) is 0.167. The van der Waals surface area contributed by atoms with Gasteiger partial charge in [-0.1, -0.05) is 23.8 Å². The maximum Gasteiger partial charge on any atom is 0.274 e. The van der Waals surface area contributed by atoms with Crippen LogP contribution in [0.4, 0.5) is 5.69 Å². The van der Waals surface area contributed by atoms with Crippen molar-refractivity contribution in [2.45, 2.75) is 13.8 Å². The van der Waals surface area contributed by atoms with E-state index >= 15 is 0 Å². The minimum absolute atomic E-state index is 0.211. The first-order chi connectivity index (χ1) is 11.0. The molecule has 1 N–H and O–H groups in total. The molecule has 3 aromatic rings. The Balaban J connectivity index is 1.89. The molecular formula is C18H18N4O. The molecule has 0 radical (unpaired) electrons. The van der Waals surface area contributed by atoms with E-state index in [0.717, 1.165) is 28.1 Å². The highest BCUT2D eigenvalue weighted by atomic mass is 16.1. The summed E-state index contributed by atoms with van der Waals surface area (Å²) < 4.78 is 1.71. The molecule has 5 nitrogen and oxygen atoms in total. The number of carbonyl (C=O) groups excluding carboxylic acids is 1. The van der Waals surface area contributed by atoms with E-state index in [4.69, 9.17) is 0 Å². The standard InChI is InChI=1S/C18H18N4O/c1-12-4-7-15(8-5-12)20-18(23)17-13(2)6-9-16(21-17)14-10-19-22(3)11-14/h4-11H,1-3H3,(H,20,23). The van der Waals surface area contributed by atoms with Crippen molar-refractivity contribution in [2.75, 3.05) is 5.32 Å². The fourth-order valence-electron chi connectivity index (χ4n) is 2.30. The van der Waals surface area contributed by atoms with Gasteiger partial charge in [-0.05, 0) is 37.6 Å². The van der Waals surface area contributed by atoms with E-state index in [9.17, 15) is 4.79 Å². The average molecular weight is 306 g/mol. The first-order valence-corrected chi connectivity index (χ1v) is 7.37. The van der Waals surface area contributed by atoms with E-state index < -0.39 is 0 Å². The molecule has 0 unspecified atom stereocenters. The molecule has 0 spiro atoms. The van der Waals surface area contributed by atoms with Gasteiger partial charge in [0, 0.05) is 24.5 Å². The van der Waals surface area contributed by atoms with E-state index in [1.165, 1.54) is 0 Å². The number of hydrogen-bond donors (Lipinski definition) is 1. The number of nitrogens with zero attached hydrogens (tertiary/aromatic N) is 3. The third kappa shape index (κ3) is 3.29. The van der Waals surface area contributed by atoms with Crippen LogP contribution in [0.1, 0.15) is 21.6 Å². The Hall–Kier alpha value is -2.95. The van der Waals surface area contributed by atoms with Crippen molar-refractivity contribution in [2.24, 2.45) is 7.05 Å². The van der Waals surface area contributed by atoms with Gasteiger partial charge in [-0.3, -0.25) is 9.48 Å². The Morgan fingerprint density at radius 3 is 2.48 bits per heavy atom. The molecule has 1 amide bonds. The number of benzene rings is 1. The monoisotopic (exact) mass is 306 g/mol. The number of aromatic nitrogens is 3. The SMILES string of the molecule is Cc1ccc(NC(=O)c2nc(-c3cnn(C)c3)ccc2C)cc1. The lowest BCUT2D eigenvalue weighted by atomic mass is 10.1. The molecule has 0 aliphatic heterocycles. The van der Waals surface area contributed by atoms with Crippen LogP contribution in [0.5, 0.6) is 0 Å². The van der Waals surface area contributed by atoms with Gasteiger partial charge < -0.3 is 5.32 Å². The quantitative estimate of drug-likeness (QED) is 0.807. The van der Waals surface area contributed by atoms with Crippen molar-refractivity contribution in [3.8, 4) is 11.3 Å². The Morgan fingerprint density at radius 1 is 1.09 bits per heavy atom. The van der Waals surface area contributed by atoms with Crippen molar-refractivity contribution in [3.63, 3.8) is 0 Å².